The van der Waals surface area contributed by atoms with Crippen LogP contribution in [-0.4, -0.2) is 15.0 Å². The van der Waals surface area contributed by atoms with Gasteiger partial charge in [0.1, 0.15) is 22.3 Å². The minimum atomic E-state index is 0.575. The van der Waals surface area contributed by atoms with Gasteiger partial charge in [-0.2, -0.15) is 0 Å². The maximum absolute atomic E-state index is 6.60. The molecule has 5 nitrogen and oxygen atoms in total. The van der Waals surface area contributed by atoms with Crippen LogP contribution in [0.3, 0.4) is 0 Å². The number of rotatable bonds is 4. The fraction of sp³-hybridized carbons (Fsp3) is 0. The topological polar surface area (TPSA) is 65.0 Å². The summed E-state index contributed by atoms with van der Waals surface area (Å²) in [6, 6.07) is 56.3. The Morgan fingerprint density at radius 2 is 0.942 bits per heavy atom. The van der Waals surface area contributed by atoms with E-state index < -0.39 is 0 Å². The van der Waals surface area contributed by atoms with E-state index in [1.54, 1.807) is 0 Å². The molecule has 0 saturated heterocycles. The van der Waals surface area contributed by atoms with Gasteiger partial charge in [0, 0.05) is 38.2 Å². The maximum Gasteiger partial charge on any atom is 0.164 e. The van der Waals surface area contributed by atoms with E-state index in [0.717, 1.165) is 87.9 Å². The number of nitrogens with zero attached hydrogens (tertiary/aromatic N) is 3. The molecule has 3 aromatic heterocycles. The standard InChI is InChI=1S/C47H27N3O2/c1-2-12-29(13-3-1)45-48-46(33-22-21-28-11-4-5-14-30(28)23-33)50-47(49-45)38-25-34(27-42-44(38)36-17-8-9-19-39(36)51-42)35-18-10-20-40-43(35)37-24-31-15-6-7-16-32(31)26-41(37)52-40/h1-27H. The molecule has 3 heterocycles. The first-order valence-electron chi connectivity index (χ1n) is 17.3. The lowest BCUT2D eigenvalue weighted by molar-refractivity contribution is 0.668. The Bertz CT molecular complexity index is 3190. The summed E-state index contributed by atoms with van der Waals surface area (Å²) in [5, 5.41) is 8.70. The van der Waals surface area contributed by atoms with Crippen molar-refractivity contribution in [2.45, 2.75) is 0 Å². The van der Waals surface area contributed by atoms with Gasteiger partial charge in [-0.1, -0.05) is 121 Å². The third-order valence-corrected chi connectivity index (χ3v) is 10.1. The second kappa shape index (κ2) is 11.2. The zero-order valence-electron chi connectivity index (χ0n) is 27.7. The fourth-order valence-electron chi connectivity index (χ4n) is 7.61. The number of para-hydroxylation sites is 1. The lowest BCUT2D eigenvalue weighted by atomic mass is 9.94. The molecule has 0 N–H and O–H groups in total. The summed E-state index contributed by atoms with van der Waals surface area (Å²) >= 11 is 0. The van der Waals surface area contributed by atoms with E-state index in [-0.39, 0.29) is 0 Å². The summed E-state index contributed by atoms with van der Waals surface area (Å²) in [6.07, 6.45) is 0. The maximum atomic E-state index is 6.60. The molecule has 0 amide bonds. The molecule has 0 unspecified atom stereocenters. The number of hydrogen-bond donors (Lipinski definition) is 0. The number of hydrogen-bond acceptors (Lipinski definition) is 5. The molecule has 52 heavy (non-hydrogen) atoms. The average Bonchev–Trinajstić information content (AvgIpc) is 3.77. The smallest absolute Gasteiger partial charge is 0.164 e. The van der Waals surface area contributed by atoms with Crippen molar-refractivity contribution in [1.82, 2.24) is 15.0 Å². The van der Waals surface area contributed by atoms with Gasteiger partial charge < -0.3 is 8.83 Å². The normalized spacial score (nSPS) is 11.8. The van der Waals surface area contributed by atoms with Crippen molar-refractivity contribution in [3.05, 3.63) is 164 Å². The molecule has 11 rings (SSSR count). The minimum Gasteiger partial charge on any atom is -0.456 e. The van der Waals surface area contributed by atoms with Crippen LogP contribution in [0.5, 0.6) is 0 Å². The van der Waals surface area contributed by atoms with Gasteiger partial charge in [-0.25, -0.2) is 15.0 Å². The van der Waals surface area contributed by atoms with E-state index in [1.165, 1.54) is 5.39 Å². The monoisotopic (exact) mass is 665 g/mol. The lowest BCUT2D eigenvalue weighted by Crippen LogP contribution is -2.00. The van der Waals surface area contributed by atoms with Crippen LogP contribution in [-0.2, 0) is 0 Å². The third kappa shape index (κ3) is 4.53. The van der Waals surface area contributed by atoms with Crippen LogP contribution < -0.4 is 0 Å². The molecule has 0 spiro atoms. The average molecular weight is 666 g/mol. The molecule has 0 radical (unpaired) electrons. The third-order valence-electron chi connectivity index (χ3n) is 10.1. The summed E-state index contributed by atoms with van der Waals surface area (Å²) in [5.74, 6) is 1.79. The van der Waals surface area contributed by atoms with Gasteiger partial charge in [0.05, 0.1) is 0 Å². The van der Waals surface area contributed by atoms with Gasteiger partial charge in [-0.05, 0) is 75.1 Å². The van der Waals surface area contributed by atoms with E-state index in [0.29, 0.717) is 17.5 Å². The zero-order valence-corrected chi connectivity index (χ0v) is 27.7. The van der Waals surface area contributed by atoms with Crippen molar-refractivity contribution in [3.63, 3.8) is 0 Å². The van der Waals surface area contributed by atoms with Gasteiger partial charge in [-0.3, -0.25) is 0 Å². The van der Waals surface area contributed by atoms with Gasteiger partial charge >= 0.3 is 0 Å². The van der Waals surface area contributed by atoms with Crippen LogP contribution in [0.1, 0.15) is 0 Å². The van der Waals surface area contributed by atoms with Crippen LogP contribution in [0, 0.1) is 0 Å². The molecule has 0 aliphatic heterocycles. The van der Waals surface area contributed by atoms with Crippen molar-refractivity contribution in [2.75, 3.05) is 0 Å². The van der Waals surface area contributed by atoms with E-state index in [4.69, 9.17) is 23.8 Å². The molecule has 8 aromatic carbocycles. The Morgan fingerprint density at radius 3 is 1.79 bits per heavy atom. The molecule has 0 fully saturated rings. The van der Waals surface area contributed by atoms with E-state index in [1.807, 2.05) is 54.6 Å². The van der Waals surface area contributed by atoms with Crippen LogP contribution in [0.2, 0.25) is 0 Å². The summed E-state index contributed by atoms with van der Waals surface area (Å²) in [4.78, 5) is 15.5. The Balaban J connectivity index is 1.21. The molecule has 11 aromatic rings. The first-order chi connectivity index (χ1) is 25.7. The summed E-state index contributed by atoms with van der Waals surface area (Å²) in [5.41, 5.74) is 7.99. The lowest BCUT2D eigenvalue weighted by Gasteiger charge is -2.12. The van der Waals surface area contributed by atoms with Crippen LogP contribution in [0.25, 0.3) is 111 Å². The molecular formula is C47H27N3O2. The molecular weight excluding hydrogens is 639 g/mol. The van der Waals surface area contributed by atoms with E-state index >= 15 is 0 Å². The molecule has 0 bridgehead atoms. The molecule has 0 atom stereocenters. The Morgan fingerprint density at radius 1 is 0.308 bits per heavy atom. The number of benzene rings is 8. The van der Waals surface area contributed by atoms with Gasteiger partial charge in [0.25, 0.3) is 0 Å². The second-order valence-corrected chi connectivity index (χ2v) is 13.2. The highest BCUT2D eigenvalue weighted by molar-refractivity contribution is 6.18. The first-order valence-corrected chi connectivity index (χ1v) is 17.3. The predicted octanol–water partition coefficient (Wildman–Crippen LogP) is 12.6. The van der Waals surface area contributed by atoms with Crippen LogP contribution in [0.15, 0.2) is 173 Å². The summed E-state index contributed by atoms with van der Waals surface area (Å²) in [7, 11) is 0. The van der Waals surface area contributed by atoms with E-state index in [2.05, 4.69) is 109 Å². The van der Waals surface area contributed by atoms with Crippen LogP contribution >= 0.6 is 0 Å². The number of fused-ring (bicyclic) bond motifs is 8. The molecule has 5 heteroatoms. The highest BCUT2D eigenvalue weighted by atomic mass is 16.3. The SMILES string of the molecule is c1ccc(-c2nc(-c3ccc4ccccc4c3)nc(-c3cc(-c4cccc5oc6cc7ccccc7cc6c45)cc4oc5ccccc5c34)n2)cc1. The largest absolute Gasteiger partial charge is 0.456 e. The van der Waals surface area contributed by atoms with E-state index in [9.17, 15) is 0 Å². The van der Waals surface area contributed by atoms with Gasteiger partial charge in [-0.15, -0.1) is 0 Å². The minimum absolute atomic E-state index is 0.575. The first kappa shape index (κ1) is 28.7. The quantitative estimate of drug-likeness (QED) is 0.187. The van der Waals surface area contributed by atoms with Crippen molar-refractivity contribution >= 4 is 65.4 Å². The van der Waals surface area contributed by atoms with Gasteiger partial charge in [0.15, 0.2) is 17.5 Å². The Hall–Kier alpha value is -7.11. The molecule has 242 valence electrons. The zero-order chi connectivity index (χ0) is 34.2. The number of furan rings is 2. The Labute approximate surface area is 297 Å². The highest BCUT2D eigenvalue weighted by Gasteiger charge is 2.21. The fourth-order valence-corrected chi connectivity index (χ4v) is 7.61. The van der Waals surface area contributed by atoms with Gasteiger partial charge in [0.2, 0.25) is 0 Å². The van der Waals surface area contributed by atoms with Crippen molar-refractivity contribution in [1.29, 1.82) is 0 Å². The molecule has 0 aliphatic carbocycles. The van der Waals surface area contributed by atoms with Crippen molar-refractivity contribution in [2.24, 2.45) is 0 Å². The number of aromatic nitrogens is 3. The second-order valence-electron chi connectivity index (χ2n) is 13.2. The molecule has 0 aliphatic rings. The predicted molar refractivity (Wildman–Crippen MR) is 211 cm³/mol. The summed E-state index contributed by atoms with van der Waals surface area (Å²) < 4.78 is 13.1. The van der Waals surface area contributed by atoms with Crippen LogP contribution in [0.4, 0.5) is 0 Å². The van der Waals surface area contributed by atoms with Crippen molar-refractivity contribution < 1.29 is 8.83 Å². The molecule has 0 saturated carbocycles. The summed E-state index contributed by atoms with van der Waals surface area (Å²) in [6.45, 7) is 0. The highest BCUT2D eigenvalue weighted by Crippen LogP contribution is 2.43. The van der Waals surface area contributed by atoms with Crippen molar-refractivity contribution in [3.8, 4) is 45.3 Å². The Kier molecular flexibility index (Phi) is 6.18.